The number of hydrogen-bond donors (Lipinski definition) is 1. The van der Waals surface area contributed by atoms with Crippen LogP contribution >= 0.6 is 0 Å². The van der Waals surface area contributed by atoms with Crippen LogP contribution in [0.3, 0.4) is 0 Å². The molecule has 0 aliphatic carbocycles. The molecule has 0 unspecified atom stereocenters. The lowest BCUT2D eigenvalue weighted by molar-refractivity contribution is -0.114. The van der Waals surface area contributed by atoms with Gasteiger partial charge in [-0.15, -0.1) is 0 Å². The first-order valence-corrected chi connectivity index (χ1v) is 6.46. The number of pyridine rings is 1. The number of rotatable bonds is 2. The van der Waals surface area contributed by atoms with Gasteiger partial charge in [0.05, 0.1) is 0 Å². The van der Waals surface area contributed by atoms with Gasteiger partial charge in [0.15, 0.2) is 0 Å². The molecule has 0 fully saturated rings. The van der Waals surface area contributed by atoms with E-state index in [4.69, 9.17) is 0 Å². The predicted octanol–water partition coefficient (Wildman–Crippen LogP) is 2.79. The van der Waals surface area contributed by atoms with Gasteiger partial charge in [0.1, 0.15) is 5.82 Å². The highest BCUT2D eigenvalue weighted by Gasteiger charge is 2.08. The third kappa shape index (κ3) is 7.91. The van der Waals surface area contributed by atoms with Crippen LogP contribution in [0.4, 0.5) is 5.82 Å². The van der Waals surface area contributed by atoms with Gasteiger partial charge in [0, 0.05) is 32.8 Å². The minimum absolute atomic E-state index is 0.121. The van der Waals surface area contributed by atoms with Crippen LogP contribution in [-0.2, 0) is 4.79 Å². The molecule has 1 heterocycles. The summed E-state index contributed by atoms with van der Waals surface area (Å²) in [5.74, 6) is 0.0520. The second kappa shape index (κ2) is 11.2. The highest BCUT2D eigenvalue weighted by Crippen LogP contribution is 2.08. The molecule has 19 heavy (non-hydrogen) atoms. The highest BCUT2D eigenvalue weighted by atomic mass is 16.2. The van der Waals surface area contributed by atoms with Crippen molar-refractivity contribution < 1.29 is 9.59 Å². The molecule has 1 aromatic heterocycles. The molecule has 0 bridgehead atoms. The van der Waals surface area contributed by atoms with Gasteiger partial charge in [-0.3, -0.25) is 9.59 Å². The molecule has 1 rings (SSSR count). The van der Waals surface area contributed by atoms with Crippen molar-refractivity contribution in [3.63, 3.8) is 0 Å². The summed E-state index contributed by atoms with van der Waals surface area (Å²) in [7, 11) is 3.33. The van der Waals surface area contributed by atoms with Crippen molar-refractivity contribution >= 4 is 17.6 Å². The van der Waals surface area contributed by atoms with E-state index in [2.05, 4.69) is 10.3 Å². The summed E-state index contributed by atoms with van der Waals surface area (Å²) < 4.78 is 0. The molecule has 2 amide bonds. The summed E-state index contributed by atoms with van der Waals surface area (Å²) >= 11 is 0. The van der Waals surface area contributed by atoms with E-state index in [1.54, 1.807) is 26.2 Å². The van der Waals surface area contributed by atoms with Crippen LogP contribution in [0.5, 0.6) is 0 Å². The molecule has 108 valence electrons. The number of nitrogens with one attached hydrogen (secondary N) is 1. The molecule has 5 heteroatoms. The van der Waals surface area contributed by atoms with E-state index >= 15 is 0 Å². The van der Waals surface area contributed by atoms with Gasteiger partial charge in [0.25, 0.3) is 5.91 Å². The average Bonchev–Trinajstić information content (AvgIpc) is 2.42. The maximum absolute atomic E-state index is 11.6. The summed E-state index contributed by atoms with van der Waals surface area (Å²) in [6, 6.07) is 3.15. The van der Waals surface area contributed by atoms with Crippen LogP contribution < -0.4 is 5.32 Å². The maximum atomic E-state index is 11.6. The molecule has 0 aromatic carbocycles. The number of carbonyl (C=O) groups is 2. The summed E-state index contributed by atoms with van der Waals surface area (Å²) in [4.78, 5) is 27.7. The number of amides is 2. The van der Waals surface area contributed by atoms with Crippen LogP contribution in [0.2, 0.25) is 0 Å². The van der Waals surface area contributed by atoms with Gasteiger partial charge >= 0.3 is 0 Å². The maximum Gasteiger partial charge on any atom is 0.253 e. The first kappa shape index (κ1) is 19.4. The standard InChI is InChI=1S/C10H13N3O2.2C2H6/c1-7(14)12-9-6-8(4-5-11-9)10(15)13(2)3;2*1-2/h4-6H,1-3H3,(H,11,12,14);2*1-2H3. The van der Waals surface area contributed by atoms with E-state index in [-0.39, 0.29) is 11.8 Å². The molecule has 0 spiro atoms. The zero-order chi connectivity index (χ0) is 15.4. The molecule has 1 N–H and O–H groups in total. The quantitative estimate of drug-likeness (QED) is 0.896. The lowest BCUT2D eigenvalue weighted by Crippen LogP contribution is -2.22. The molecular formula is C14H25N3O2. The van der Waals surface area contributed by atoms with Crippen molar-refractivity contribution in [1.82, 2.24) is 9.88 Å². The number of nitrogens with zero attached hydrogens (tertiary/aromatic N) is 2. The van der Waals surface area contributed by atoms with Crippen molar-refractivity contribution in [1.29, 1.82) is 0 Å². The van der Waals surface area contributed by atoms with Crippen LogP contribution in [-0.4, -0.2) is 35.8 Å². The van der Waals surface area contributed by atoms with E-state index in [0.717, 1.165) is 0 Å². The Labute approximate surface area is 116 Å². The molecule has 0 radical (unpaired) electrons. The number of carbonyl (C=O) groups excluding carboxylic acids is 2. The van der Waals surface area contributed by atoms with E-state index in [0.29, 0.717) is 11.4 Å². The van der Waals surface area contributed by atoms with Crippen molar-refractivity contribution in [2.24, 2.45) is 0 Å². The lowest BCUT2D eigenvalue weighted by Gasteiger charge is -2.10. The topological polar surface area (TPSA) is 62.3 Å². The first-order valence-electron chi connectivity index (χ1n) is 6.46. The number of aromatic nitrogens is 1. The third-order valence-electron chi connectivity index (χ3n) is 1.72. The smallest absolute Gasteiger partial charge is 0.253 e. The van der Waals surface area contributed by atoms with E-state index in [9.17, 15) is 9.59 Å². The van der Waals surface area contributed by atoms with Gasteiger partial charge in [-0.05, 0) is 12.1 Å². The van der Waals surface area contributed by atoms with Gasteiger partial charge < -0.3 is 10.2 Å². The molecular weight excluding hydrogens is 242 g/mol. The second-order valence-corrected chi connectivity index (χ2v) is 3.31. The Hall–Kier alpha value is -1.91. The van der Waals surface area contributed by atoms with E-state index < -0.39 is 0 Å². The van der Waals surface area contributed by atoms with Crippen LogP contribution in [0, 0.1) is 0 Å². The summed E-state index contributed by atoms with van der Waals surface area (Å²) in [5, 5.41) is 2.52. The van der Waals surface area contributed by atoms with Crippen LogP contribution in [0.25, 0.3) is 0 Å². The Balaban J connectivity index is 0. The Morgan fingerprint density at radius 1 is 1.16 bits per heavy atom. The van der Waals surface area contributed by atoms with Crippen LogP contribution in [0.15, 0.2) is 18.3 Å². The Morgan fingerprint density at radius 2 is 1.68 bits per heavy atom. The number of hydrogen-bond acceptors (Lipinski definition) is 3. The van der Waals surface area contributed by atoms with Gasteiger partial charge in [-0.25, -0.2) is 4.98 Å². The zero-order valence-corrected chi connectivity index (χ0v) is 12.9. The van der Waals surface area contributed by atoms with Crippen molar-refractivity contribution in [2.45, 2.75) is 34.6 Å². The predicted molar refractivity (Wildman–Crippen MR) is 79.3 cm³/mol. The van der Waals surface area contributed by atoms with Gasteiger partial charge in [-0.1, -0.05) is 27.7 Å². The zero-order valence-electron chi connectivity index (χ0n) is 12.9. The Morgan fingerprint density at radius 3 is 2.11 bits per heavy atom. The monoisotopic (exact) mass is 267 g/mol. The fourth-order valence-corrected chi connectivity index (χ4v) is 1.07. The van der Waals surface area contributed by atoms with Gasteiger partial charge in [0.2, 0.25) is 5.91 Å². The third-order valence-corrected chi connectivity index (χ3v) is 1.72. The summed E-state index contributed by atoms with van der Waals surface area (Å²) in [6.07, 6.45) is 1.49. The lowest BCUT2D eigenvalue weighted by atomic mass is 10.2. The van der Waals surface area contributed by atoms with Crippen molar-refractivity contribution in [2.75, 3.05) is 19.4 Å². The molecule has 0 saturated heterocycles. The summed E-state index contributed by atoms with van der Waals surface area (Å²) in [6.45, 7) is 9.39. The molecule has 0 atom stereocenters. The second-order valence-electron chi connectivity index (χ2n) is 3.31. The molecule has 1 aromatic rings. The van der Waals surface area contributed by atoms with Crippen LogP contribution in [0.1, 0.15) is 45.0 Å². The minimum atomic E-state index is -0.211. The fraction of sp³-hybridized carbons (Fsp3) is 0.500. The van der Waals surface area contributed by atoms with Crippen molar-refractivity contribution in [3.8, 4) is 0 Å². The molecule has 0 saturated carbocycles. The molecule has 0 aliphatic heterocycles. The average molecular weight is 267 g/mol. The molecule has 5 nitrogen and oxygen atoms in total. The fourth-order valence-electron chi connectivity index (χ4n) is 1.07. The first-order chi connectivity index (χ1) is 9.00. The Kier molecular flexibility index (Phi) is 11.4. The summed E-state index contributed by atoms with van der Waals surface area (Å²) in [5.41, 5.74) is 0.499. The van der Waals surface area contributed by atoms with Crippen molar-refractivity contribution in [3.05, 3.63) is 23.9 Å². The highest BCUT2D eigenvalue weighted by molar-refractivity contribution is 5.95. The molecule has 0 aliphatic rings. The van der Waals surface area contributed by atoms with Gasteiger partial charge in [-0.2, -0.15) is 0 Å². The largest absolute Gasteiger partial charge is 0.345 e. The SMILES string of the molecule is CC.CC.CC(=O)Nc1cc(C(=O)N(C)C)ccn1. The number of anilines is 1. The van der Waals surface area contributed by atoms with E-state index in [1.165, 1.54) is 18.0 Å². The minimum Gasteiger partial charge on any atom is -0.345 e. The Bertz CT molecular complexity index is 390. The van der Waals surface area contributed by atoms with E-state index in [1.807, 2.05) is 27.7 Å². The normalized spacial score (nSPS) is 8.16.